The molecule has 0 bridgehead atoms. The van der Waals surface area contributed by atoms with E-state index in [0.29, 0.717) is 0 Å². The number of piperidine rings is 1. The Labute approximate surface area is 96.8 Å². The first kappa shape index (κ1) is 13.4. The molecule has 1 saturated heterocycles. The van der Waals surface area contributed by atoms with Gasteiger partial charge in [0.25, 0.3) is 0 Å². The average Bonchev–Trinajstić information content (AvgIpc) is 2.29. The summed E-state index contributed by atoms with van der Waals surface area (Å²) in [5.41, 5.74) is 0. The van der Waals surface area contributed by atoms with Gasteiger partial charge in [-0.2, -0.15) is 0 Å². The Morgan fingerprint density at radius 1 is 1.44 bits per heavy atom. The van der Waals surface area contributed by atoms with Crippen molar-refractivity contribution in [1.82, 2.24) is 10.2 Å². The lowest BCUT2D eigenvalue weighted by atomic mass is 9.97. The minimum absolute atomic E-state index is 0.138. The van der Waals surface area contributed by atoms with Crippen LogP contribution >= 0.6 is 0 Å². The van der Waals surface area contributed by atoms with E-state index in [2.05, 4.69) is 10.2 Å². The number of likely N-dealkylation sites (tertiary alicyclic amines) is 1. The first-order valence-electron chi connectivity index (χ1n) is 5.91. The van der Waals surface area contributed by atoms with Crippen LogP contribution in [0, 0.1) is 5.92 Å². The summed E-state index contributed by atoms with van der Waals surface area (Å²) in [6.07, 6.45) is 1.54. The van der Waals surface area contributed by atoms with Crippen LogP contribution in [-0.2, 0) is 9.53 Å². The number of nitrogens with zero attached hydrogens (tertiary/aromatic N) is 1. The highest BCUT2D eigenvalue weighted by atomic mass is 16.5. The molecular weight excluding hydrogens is 208 g/mol. The molecule has 0 spiro atoms. The molecule has 5 nitrogen and oxygen atoms in total. The first-order valence-corrected chi connectivity index (χ1v) is 5.91. The molecule has 1 fully saturated rings. The normalized spacial score (nSPS) is 18.8. The Morgan fingerprint density at radius 3 is 2.69 bits per heavy atom. The third kappa shape index (κ3) is 4.92. The standard InChI is InChI=1S/C11H22N2O3/c1-12-4-8-16-9-7-13-5-2-10(3-6-13)11(14)15/h10,12H,2-9H2,1H3,(H,14,15). The molecule has 16 heavy (non-hydrogen) atoms. The van der Waals surface area contributed by atoms with Gasteiger partial charge in [0.05, 0.1) is 19.1 Å². The third-order valence-electron chi connectivity index (χ3n) is 2.99. The molecule has 0 aliphatic carbocycles. The smallest absolute Gasteiger partial charge is 0.306 e. The highest BCUT2D eigenvalue weighted by molar-refractivity contribution is 5.70. The molecule has 1 aliphatic rings. The number of hydrogen-bond acceptors (Lipinski definition) is 4. The van der Waals surface area contributed by atoms with Crippen molar-refractivity contribution in [3.8, 4) is 0 Å². The van der Waals surface area contributed by atoms with Crippen LogP contribution < -0.4 is 5.32 Å². The second-order valence-electron chi connectivity index (χ2n) is 4.17. The number of carbonyl (C=O) groups is 1. The van der Waals surface area contributed by atoms with Crippen LogP contribution in [0.4, 0.5) is 0 Å². The van der Waals surface area contributed by atoms with E-state index in [4.69, 9.17) is 9.84 Å². The maximum absolute atomic E-state index is 10.7. The number of nitrogens with one attached hydrogen (secondary N) is 1. The molecule has 1 heterocycles. The fourth-order valence-electron chi connectivity index (χ4n) is 1.87. The van der Waals surface area contributed by atoms with Crippen molar-refractivity contribution in [2.24, 2.45) is 5.92 Å². The Hall–Kier alpha value is -0.650. The molecule has 0 amide bonds. The lowest BCUT2D eigenvalue weighted by molar-refractivity contribution is -0.143. The highest BCUT2D eigenvalue weighted by Gasteiger charge is 2.23. The molecule has 0 radical (unpaired) electrons. The molecule has 1 rings (SSSR count). The SMILES string of the molecule is CNCCOCCN1CCC(C(=O)O)CC1. The summed E-state index contributed by atoms with van der Waals surface area (Å²) < 4.78 is 5.43. The summed E-state index contributed by atoms with van der Waals surface area (Å²) in [5, 5.41) is 11.9. The zero-order valence-corrected chi connectivity index (χ0v) is 9.95. The molecule has 0 aromatic rings. The number of likely N-dealkylation sites (N-methyl/N-ethyl adjacent to an activating group) is 1. The fraction of sp³-hybridized carbons (Fsp3) is 0.909. The van der Waals surface area contributed by atoms with Gasteiger partial charge in [-0.3, -0.25) is 4.79 Å². The van der Waals surface area contributed by atoms with E-state index in [1.54, 1.807) is 0 Å². The molecule has 94 valence electrons. The van der Waals surface area contributed by atoms with Crippen molar-refractivity contribution >= 4 is 5.97 Å². The van der Waals surface area contributed by atoms with Gasteiger partial charge >= 0.3 is 5.97 Å². The summed E-state index contributed by atoms with van der Waals surface area (Å²) in [6, 6.07) is 0. The summed E-state index contributed by atoms with van der Waals surface area (Å²) in [7, 11) is 1.90. The van der Waals surface area contributed by atoms with E-state index in [-0.39, 0.29) is 5.92 Å². The van der Waals surface area contributed by atoms with Crippen molar-refractivity contribution in [3.63, 3.8) is 0 Å². The molecule has 0 unspecified atom stereocenters. The van der Waals surface area contributed by atoms with Crippen molar-refractivity contribution in [3.05, 3.63) is 0 Å². The van der Waals surface area contributed by atoms with Crippen molar-refractivity contribution in [1.29, 1.82) is 0 Å². The summed E-state index contributed by atoms with van der Waals surface area (Å²) >= 11 is 0. The van der Waals surface area contributed by atoms with Crippen LogP contribution in [0.2, 0.25) is 0 Å². The molecule has 0 aromatic carbocycles. The zero-order chi connectivity index (χ0) is 11.8. The largest absolute Gasteiger partial charge is 0.481 e. The maximum Gasteiger partial charge on any atom is 0.306 e. The maximum atomic E-state index is 10.7. The second-order valence-corrected chi connectivity index (χ2v) is 4.17. The summed E-state index contributed by atoms with van der Waals surface area (Å²) in [6.45, 7) is 5.03. The predicted molar refractivity (Wildman–Crippen MR) is 61.5 cm³/mol. The first-order chi connectivity index (χ1) is 7.74. The lowest BCUT2D eigenvalue weighted by Crippen LogP contribution is -2.38. The molecule has 0 aromatic heterocycles. The van der Waals surface area contributed by atoms with Crippen LogP contribution in [-0.4, -0.2) is 62.4 Å². The fourth-order valence-corrected chi connectivity index (χ4v) is 1.87. The topological polar surface area (TPSA) is 61.8 Å². The Bertz CT molecular complexity index is 203. The van der Waals surface area contributed by atoms with Crippen LogP contribution in [0.1, 0.15) is 12.8 Å². The average molecular weight is 230 g/mol. The van der Waals surface area contributed by atoms with E-state index in [1.807, 2.05) is 7.05 Å². The highest BCUT2D eigenvalue weighted by Crippen LogP contribution is 2.16. The van der Waals surface area contributed by atoms with Crippen LogP contribution in [0.3, 0.4) is 0 Å². The minimum Gasteiger partial charge on any atom is -0.481 e. The summed E-state index contributed by atoms with van der Waals surface area (Å²) in [5.74, 6) is -0.786. The molecular formula is C11H22N2O3. The second kappa shape index (κ2) is 7.60. The zero-order valence-electron chi connectivity index (χ0n) is 9.95. The Balaban J connectivity index is 2.02. The van der Waals surface area contributed by atoms with E-state index in [1.165, 1.54) is 0 Å². The van der Waals surface area contributed by atoms with E-state index in [9.17, 15) is 4.79 Å². The lowest BCUT2D eigenvalue weighted by Gasteiger charge is -2.29. The van der Waals surface area contributed by atoms with Crippen molar-refractivity contribution < 1.29 is 14.6 Å². The van der Waals surface area contributed by atoms with Crippen LogP contribution in [0.15, 0.2) is 0 Å². The summed E-state index contributed by atoms with van der Waals surface area (Å²) in [4.78, 5) is 13.0. The molecule has 1 aliphatic heterocycles. The van der Waals surface area contributed by atoms with Gasteiger partial charge in [0.2, 0.25) is 0 Å². The Kier molecular flexibility index (Phi) is 6.37. The van der Waals surface area contributed by atoms with Gasteiger partial charge in [0.15, 0.2) is 0 Å². The monoisotopic (exact) mass is 230 g/mol. The van der Waals surface area contributed by atoms with Crippen molar-refractivity contribution in [2.45, 2.75) is 12.8 Å². The third-order valence-corrected chi connectivity index (χ3v) is 2.99. The molecule has 5 heteroatoms. The van der Waals surface area contributed by atoms with Gasteiger partial charge in [0, 0.05) is 13.1 Å². The van der Waals surface area contributed by atoms with Gasteiger partial charge in [-0.1, -0.05) is 0 Å². The van der Waals surface area contributed by atoms with E-state index >= 15 is 0 Å². The molecule has 0 atom stereocenters. The van der Waals surface area contributed by atoms with Crippen LogP contribution in [0.25, 0.3) is 0 Å². The number of carboxylic acid groups (broad SMARTS) is 1. The van der Waals surface area contributed by atoms with Gasteiger partial charge in [-0.25, -0.2) is 0 Å². The quantitative estimate of drug-likeness (QED) is 0.604. The van der Waals surface area contributed by atoms with Crippen LogP contribution in [0.5, 0.6) is 0 Å². The van der Waals surface area contributed by atoms with Crippen molar-refractivity contribution in [2.75, 3.05) is 46.4 Å². The van der Waals surface area contributed by atoms with Gasteiger partial charge in [-0.15, -0.1) is 0 Å². The number of aliphatic carboxylic acids is 1. The van der Waals surface area contributed by atoms with Gasteiger partial charge < -0.3 is 20.1 Å². The van der Waals surface area contributed by atoms with Gasteiger partial charge in [0.1, 0.15) is 0 Å². The van der Waals surface area contributed by atoms with E-state index in [0.717, 1.165) is 52.2 Å². The minimum atomic E-state index is -0.648. The molecule has 0 saturated carbocycles. The molecule has 2 N–H and O–H groups in total. The van der Waals surface area contributed by atoms with Gasteiger partial charge in [-0.05, 0) is 33.0 Å². The van der Waals surface area contributed by atoms with E-state index < -0.39 is 5.97 Å². The predicted octanol–water partition coefficient (Wildman–Crippen LogP) is 0.0190. The number of rotatable bonds is 7. The number of hydrogen-bond donors (Lipinski definition) is 2. The number of ether oxygens (including phenoxy) is 1. The Morgan fingerprint density at radius 2 is 2.12 bits per heavy atom. The number of carboxylic acids is 1.